The molecule has 0 saturated heterocycles. The van der Waals surface area contributed by atoms with Gasteiger partial charge in [-0.25, -0.2) is 0 Å². The van der Waals surface area contributed by atoms with Crippen molar-refractivity contribution in [2.24, 2.45) is 11.8 Å². The molecule has 0 amide bonds. The fraction of sp³-hybridized carbons (Fsp3) is 0.636. The second-order valence-corrected chi connectivity index (χ2v) is 4.13. The van der Waals surface area contributed by atoms with Crippen molar-refractivity contribution >= 4 is 0 Å². The Bertz CT molecular complexity index is 219. The average molecular weight is 164 g/mol. The molecule has 1 saturated carbocycles. The van der Waals surface area contributed by atoms with Crippen LogP contribution in [0.25, 0.3) is 0 Å². The largest absolute Gasteiger partial charge is 0.389 e. The zero-order chi connectivity index (χ0) is 8.60. The minimum atomic E-state index is -0.459. The van der Waals surface area contributed by atoms with Crippen LogP contribution in [0.15, 0.2) is 24.8 Å². The van der Waals surface area contributed by atoms with Crippen molar-refractivity contribution in [2.45, 2.75) is 31.3 Å². The number of hydrogen-bond donors (Lipinski definition) is 1. The van der Waals surface area contributed by atoms with Crippen LogP contribution in [0.5, 0.6) is 0 Å². The number of aliphatic hydroxyl groups is 1. The molecule has 66 valence electrons. The fourth-order valence-corrected chi connectivity index (χ4v) is 2.59. The smallest absolute Gasteiger partial charge is 0.0749 e. The maximum atomic E-state index is 10.2. The molecular formula is C11H16O. The SMILES string of the molecule is C=CC[C@]1(O)C[C@H]2C=C[C@@H]1CC2. The van der Waals surface area contributed by atoms with Gasteiger partial charge in [0.15, 0.2) is 0 Å². The molecule has 1 N–H and O–H groups in total. The lowest BCUT2D eigenvalue weighted by atomic mass is 9.65. The molecule has 0 aromatic heterocycles. The monoisotopic (exact) mass is 164 g/mol. The van der Waals surface area contributed by atoms with Crippen molar-refractivity contribution in [3.8, 4) is 0 Å². The van der Waals surface area contributed by atoms with Crippen molar-refractivity contribution in [2.75, 3.05) is 0 Å². The molecule has 3 atom stereocenters. The summed E-state index contributed by atoms with van der Waals surface area (Å²) in [5.41, 5.74) is -0.459. The summed E-state index contributed by atoms with van der Waals surface area (Å²) >= 11 is 0. The van der Waals surface area contributed by atoms with E-state index in [4.69, 9.17) is 0 Å². The zero-order valence-electron chi connectivity index (χ0n) is 7.37. The highest BCUT2D eigenvalue weighted by molar-refractivity contribution is 5.13. The first kappa shape index (κ1) is 8.06. The second-order valence-electron chi connectivity index (χ2n) is 4.13. The first-order valence-corrected chi connectivity index (χ1v) is 4.76. The molecular weight excluding hydrogens is 148 g/mol. The summed E-state index contributed by atoms with van der Waals surface area (Å²) in [6, 6.07) is 0. The number of rotatable bonds is 2. The fourth-order valence-electron chi connectivity index (χ4n) is 2.59. The van der Waals surface area contributed by atoms with Crippen molar-refractivity contribution in [1.82, 2.24) is 0 Å². The summed E-state index contributed by atoms with van der Waals surface area (Å²) in [6.45, 7) is 3.70. The summed E-state index contributed by atoms with van der Waals surface area (Å²) in [6.07, 6.45) is 10.4. The van der Waals surface area contributed by atoms with Crippen LogP contribution < -0.4 is 0 Å². The van der Waals surface area contributed by atoms with E-state index in [1.54, 1.807) is 0 Å². The molecule has 1 nitrogen and oxygen atoms in total. The molecule has 0 radical (unpaired) electrons. The van der Waals surface area contributed by atoms with Crippen molar-refractivity contribution in [3.63, 3.8) is 0 Å². The Morgan fingerprint density at radius 2 is 2.33 bits per heavy atom. The molecule has 0 aromatic rings. The van der Waals surface area contributed by atoms with E-state index >= 15 is 0 Å². The van der Waals surface area contributed by atoms with Crippen LogP contribution in [0, 0.1) is 11.8 Å². The third-order valence-electron chi connectivity index (χ3n) is 3.27. The molecule has 1 heteroatoms. The number of fused-ring (bicyclic) bond motifs is 2. The van der Waals surface area contributed by atoms with Gasteiger partial charge in [0, 0.05) is 5.92 Å². The topological polar surface area (TPSA) is 20.2 Å². The Labute approximate surface area is 73.8 Å². The van der Waals surface area contributed by atoms with Gasteiger partial charge >= 0.3 is 0 Å². The highest BCUT2D eigenvalue weighted by Gasteiger charge is 2.42. The maximum absolute atomic E-state index is 10.2. The molecule has 0 spiro atoms. The Hall–Kier alpha value is -0.560. The van der Waals surface area contributed by atoms with Crippen molar-refractivity contribution in [1.29, 1.82) is 0 Å². The Morgan fingerprint density at radius 1 is 1.50 bits per heavy atom. The van der Waals surface area contributed by atoms with Crippen LogP contribution >= 0.6 is 0 Å². The lowest BCUT2D eigenvalue weighted by Crippen LogP contribution is -2.44. The van der Waals surface area contributed by atoms with Gasteiger partial charge in [-0.3, -0.25) is 0 Å². The molecule has 0 unspecified atom stereocenters. The minimum Gasteiger partial charge on any atom is -0.389 e. The Balaban J connectivity index is 2.19. The molecule has 0 aliphatic heterocycles. The quantitative estimate of drug-likeness (QED) is 0.621. The van der Waals surface area contributed by atoms with E-state index in [0.29, 0.717) is 11.8 Å². The van der Waals surface area contributed by atoms with Gasteiger partial charge in [0.05, 0.1) is 5.60 Å². The van der Waals surface area contributed by atoms with Gasteiger partial charge < -0.3 is 5.11 Å². The van der Waals surface area contributed by atoms with E-state index in [0.717, 1.165) is 19.3 Å². The Kier molecular flexibility index (Phi) is 1.84. The van der Waals surface area contributed by atoms with E-state index in [-0.39, 0.29) is 0 Å². The van der Waals surface area contributed by atoms with E-state index in [1.165, 1.54) is 6.42 Å². The van der Waals surface area contributed by atoms with E-state index in [1.807, 2.05) is 6.08 Å². The summed E-state index contributed by atoms with van der Waals surface area (Å²) < 4.78 is 0. The summed E-state index contributed by atoms with van der Waals surface area (Å²) in [5, 5.41) is 10.2. The van der Waals surface area contributed by atoms with E-state index < -0.39 is 5.60 Å². The molecule has 3 rings (SSSR count). The highest BCUT2D eigenvalue weighted by Crippen LogP contribution is 2.44. The first-order chi connectivity index (χ1) is 5.74. The standard InChI is InChI=1S/C11H16O/c1-2-7-11(12)8-9-3-5-10(11)6-4-9/h2-3,5,9-10,12H,1,4,6-8H2/t9-,10+,11-/m0/s1. The van der Waals surface area contributed by atoms with Crippen LogP contribution in [-0.4, -0.2) is 10.7 Å². The minimum absolute atomic E-state index is 0.389. The lowest BCUT2D eigenvalue weighted by molar-refractivity contribution is -0.0464. The van der Waals surface area contributed by atoms with Crippen molar-refractivity contribution in [3.05, 3.63) is 24.8 Å². The zero-order valence-corrected chi connectivity index (χ0v) is 7.37. The molecule has 12 heavy (non-hydrogen) atoms. The second kappa shape index (κ2) is 2.74. The molecule has 2 bridgehead atoms. The maximum Gasteiger partial charge on any atom is 0.0749 e. The van der Waals surface area contributed by atoms with Crippen LogP contribution in [0.2, 0.25) is 0 Å². The summed E-state index contributed by atoms with van der Waals surface area (Å²) in [5.74, 6) is 1.01. The van der Waals surface area contributed by atoms with Gasteiger partial charge in [-0.15, -0.1) is 6.58 Å². The normalized spacial score (nSPS) is 44.8. The molecule has 3 aliphatic carbocycles. The molecule has 0 heterocycles. The predicted octanol–water partition coefficient (Wildman–Crippen LogP) is 2.28. The van der Waals surface area contributed by atoms with Crippen LogP contribution in [0.4, 0.5) is 0 Å². The van der Waals surface area contributed by atoms with Crippen LogP contribution in [0.1, 0.15) is 25.7 Å². The van der Waals surface area contributed by atoms with Crippen LogP contribution in [-0.2, 0) is 0 Å². The highest BCUT2D eigenvalue weighted by atomic mass is 16.3. The predicted molar refractivity (Wildman–Crippen MR) is 49.7 cm³/mol. The van der Waals surface area contributed by atoms with Gasteiger partial charge in [0.2, 0.25) is 0 Å². The lowest BCUT2D eigenvalue weighted by Gasteiger charge is -2.44. The van der Waals surface area contributed by atoms with Crippen molar-refractivity contribution < 1.29 is 5.11 Å². The van der Waals surface area contributed by atoms with Gasteiger partial charge in [-0.05, 0) is 31.6 Å². The molecule has 0 aromatic carbocycles. The van der Waals surface area contributed by atoms with Gasteiger partial charge in [-0.1, -0.05) is 18.2 Å². The average Bonchev–Trinajstić information content (AvgIpc) is 2.05. The molecule has 3 aliphatic rings. The summed E-state index contributed by atoms with van der Waals surface area (Å²) in [7, 11) is 0. The molecule has 1 fully saturated rings. The summed E-state index contributed by atoms with van der Waals surface area (Å²) in [4.78, 5) is 0. The third-order valence-corrected chi connectivity index (χ3v) is 3.27. The van der Waals surface area contributed by atoms with Gasteiger partial charge in [0.25, 0.3) is 0 Å². The van der Waals surface area contributed by atoms with Crippen LogP contribution in [0.3, 0.4) is 0 Å². The van der Waals surface area contributed by atoms with Gasteiger partial charge in [0.1, 0.15) is 0 Å². The van der Waals surface area contributed by atoms with Gasteiger partial charge in [-0.2, -0.15) is 0 Å². The van der Waals surface area contributed by atoms with E-state index in [9.17, 15) is 5.11 Å². The first-order valence-electron chi connectivity index (χ1n) is 4.76. The van der Waals surface area contributed by atoms with E-state index in [2.05, 4.69) is 18.7 Å². The number of hydrogen-bond acceptors (Lipinski definition) is 1. The number of allylic oxidation sites excluding steroid dienone is 1. The Morgan fingerprint density at radius 3 is 2.75 bits per heavy atom. The third kappa shape index (κ3) is 1.13.